The molecule has 3 rings (SSSR count). The molecule has 22 nitrogen and oxygen atoms in total. The first-order valence-electron chi connectivity index (χ1n) is 21.9. The number of nitrogens with zero attached hydrogens (tertiary/aromatic N) is 2. The van der Waals surface area contributed by atoms with E-state index < -0.39 is 102 Å². The summed E-state index contributed by atoms with van der Waals surface area (Å²) in [4.78, 5) is 118. The molecule has 0 saturated heterocycles. The van der Waals surface area contributed by atoms with Crippen LogP contribution in [0, 0.1) is 11.8 Å². The fourth-order valence-corrected chi connectivity index (χ4v) is 6.86. The summed E-state index contributed by atoms with van der Waals surface area (Å²) in [6.45, 7) is 7.09. The van der Waals surface area contributed by atoms with Crippen molar-refractivity contribution in [2.45, 2.75) is 115 Å². The lowest BCUT2D eigenvalue weighted by Crippen LogP contribution is -2.61. The van der Waals surface area contributed by atoms with Crippen molar-refractivity contribution >= 4 is 53.3 Å². The Morgan fingerprint density at radius 3 is 1.66 bits per heavy atom. The Morgan fingerprint density at radius 2 is 1.13 bits per heavy atom. The molecule has 364 valence electrons. The molecule has 16 N–H and O–H groups in total. The quantitative estimate of drug-likeness (QED) is 0.0222. The summed E-state index contributed by atoms with van der Waals surface area (Å²) in [5.74, 6) is -7.70. The molecule has 0 bridgehead atoms. The summed E-state index contributed by atoms with van der Waals surface area (Å²) in [6, 6.07) is 8.68. The van der Waals surface area contributed by atoms with Crippen LogP contribution in [0.25, 0.3) is 0 Å². The van der Waals surface area contributed by atoms with Crippen LogP contribution in [0.2, 0.25) is 0 Å². The lowest BCUT2D eigenvalue weighted by molar-refractivity contribution is -0.140. The third kappa shape index (κ3) is 19.3. The minimum absolute atomic E-state index is 0.0318. The fraction of sp³-hybridized carbons (Fsp3) is 0.467. The lowest BCUT2D eigenvalue weighted by atomic mass is 9.98. The van der Waals surface area contributed by atoms with Crippen molar-refractivity contribution in [3.8, 4) is 0 Å². The molecule has 0 saturated carbocycles. The number of H-pyrrole nitrogens is 1. The zero-order valence-corrected chi connectivity index (χ0v) is 38.2. The van der Waals surface area contributed by atoms with Crippen molar-refractivity contribution in [1.82, 2.24) is 41.9 Å². The number of aromatic nitrogens is 2. The van der Waals surface area contributed by atoms with E-state index in [1.54, 1.807) is 74.5 Å². The molecule has 0 spiro atoms. The minimum Gasteiger partial charge on any atom is -0.481 e. The van der Waals surface area contributed by atoms with Gasteiger partial charge in [-0.15, -0.1) is 0 Å². The summed E-state index contributed by atoms with van der Waals surface area (Å²) in [5.41, 5.74) is 24.2. The molecule has 1 heterocycles. The van der Waals surface area contributed by atoms with Crippen LogP contribution in [-0.4, -0.2) is 117 Å². The standard InChI is InChI=1S/C45H65N13O9/c1-25(2)18-33(41(64)53-31(16-11-17-51-45(48)49)40(63)54-32(38(47)61)19-27-12-7-5-8-13-27)56-42(65)34(20-28-14-9-6-10-15-28)57-44(67)37(26(3)4)58-43(66)35(21-29-23-50-24-52-29)55-39(62)30(46)22-36(59)60/h5-10,12-15,23-26,30-35,37H,11,16-22,46H2,1-4H3,(H2,47,61)(H,50,52)(H,53,64)(H,54,63)(H,55,62)(H,56,65)(H,57,67)(H,58,66)(H,59,60)(H4,48,49,51)/t30-,31-,32-,33-,34-,35-,37-/m0/s1. The number of carboxylic acids is 1. The summed E-state index contributed by atoms with van der Waals surface area (Å²) in [5, 5.41) is 25.1. The number of carbonyl (C=O) groups is 8. The highest BCUT2D eigenvalue weighted by molar-refractivity contribution is 5.97. The number of aliphatic imine (C=N–C) groups is 1. The predicted molar refractivity (Wildman–Crippen MR) is 248 cm³/mol. The zero-order chi connectivity index (χ0) is 49.6. The molecule has 0 aliphatic heterocycles. The maximum absolute atomic E-state index is 14.4. The first-order chi connectivity index (χ1) is 31.7. The van der Waals surface area contributed by atoms with Gasteiger partial charge in [-0.25, -0.2) is 4.98 Å². The van der Waals surface area contributed by atoms with Gasteiger partial charge in [0, 0.05) is 37.7 Å². The number of aliphatic carboxylic acids is 1. The van der Waals surface area contributed by atoms with Crippen molar-refractivity contribution in [2.75, 3.05) is 6.54 Å². The number of amides is 7. The number of imidazole rings is 1. The summed E-state index contributed by atoms with van der Waals surface area (Å²) in [6.07, 6.45) is 2.38. The second-order valence-electron chi connectivity index (χ2n) is 16.9. The van der Waals surface area contributed by atoms with Crippen molar-refractivity contribution in [2.24, 2.45) is 39.8 Å². The van der Waals surface area contributed by atoms with Gasteiger partial charge in [-0.05, 0) is 42.2 Å². The van der Waals surface area contributed by atoms with E-state index in [1.165, 1.54) is 12.5 Å². The van der Waals surface area contributed by atoms with Gasteiger partial charge >= 0.3 is 5.97 Å². The Morgan fingerprint density at radius 1 is 0.642 bits per heavy atom. The third-order valence-electron chi connectivity index (χ3n) is 10.4. The number of primary amides is 1. The number of aromatic amines is 1. The highest BCUT2D eigenvalue weighted by Crippen LogP contribution is 2.12. The lowest BCUT2D eigenvalue weighted by Gasteiger charge is -2.29. The molecule has 1 aromatic heterocycles. The topological polar surface area (TPSA) is 374 Å². The van der Waals surface area contributed by atoms with Crippen LogP contribution < -0.4 is 54.8 Å². The maximum atomic E-state index is 14.4. The summed E-state index contributed by atoms with van der Waals surface area (Å²) >= 11 is 0. The first-order valence-corrected chi connectivity index (χ1v) is 21.9. The third-order valence-corrected chi connectivity index (χ3v) is 10.4. The molecule has 7 amide bonds. The normalized spacial score (nSPS) is 14.2. The number of rotatable bonds is 28. The molecule has 3 aromatic rings. The second kappa shape index (κ2) is 27.2. The van der Waals surface area contributed by atoms with E-state index in [9.17, 15) is 38.4 Å². The maximum Gasteiger partial charge on any atom is 0.305 e. The van der Waals surface area contributed by atoms with E-state index in [2.05, 4.69) is 46.9 Å². The number of carbonyl (C=O) groups excluding carboxylic acids is 7. The zero-order valence-electron chi connectivity index (χ0n) is 38.2. The van der Waals surface area contributed by atoms with Gasteiger partial charge in [0.1, 0.15) is 36.3 Å². The molecule has 22 heteroatoms. The largest absolute Gasteiger partial charge is 0.481 e. The number of guanidine groups is 1. The highest BCUT2D eigenvalue weighted by atomic mass is 16.4. The van der Waals surface area contributed by atoms with Gasteiger partial charge in [-0.2, -0.15) is 0 Å². The average Bonchev–Trinajstić information content (AvgIpc) is 3.78. The van der Waals surface area contributed by atoms with Crippen LogP contribution in [0.5, 0.6) is 0 Å². The Balaban J connectivity index is 1.89. The SMILES string of the molecule is CC(C)C[C@H](NC(=O)[C@H](Cc1ccccc1)NC(=O)[C@@H](NC(=O)[C@H](Cc1cnc[nH]1)NC(=O)[C@@H](N)CC(=O)O)C(C)C)C(=O)N[C@@H](CCCN=C(N)N)C(=O)N[C@@H](Cc1ccccc1)C(N)=O. The number of nitrogens with one attached hydrogen (secondary N) is 7. The Kier molecular flexibility index (Phi) is 21.9. The average molecular weight is 932 g/mol. The van der Waals surface area contributed by atoms with Gasteiger partial charge in [0.25, 0.3) is 0 Å². The Hall–Kier alpha value is -7.36. The van der Waals surface area contributed by atoms with E-state index in [0.717, 1.165) is 5.56 Å². The van der Waals surface area contributed by atoms with Gasteiger partial charge in [0.15, 0.2) is 5.96 Å². The summed E-state index contributed by atoms with van der Waals surface area (Å²) < 4.78 is 0. The van der Waals surface area contributed by atoms with E-state index in [1.807, 2.05) is 13.8 Å². The van der Waals surface area contributed by atoms with Crippen LogP contribution >= 0.6 is 0 Å². The van der Waals surface area contributed by atoms with Crippen molar-refractivity contribution in [3.63, 3.8) is 0 Å². The highest BCUT2D eigenvalue weighted by Gasteiger charge is 2.35. The van der Waals surface area contributed by atoms with Crippen LogP contribution in [0.3, 0.4) is 0 Å². The van der Waals surface area contributed by atoms with Gasteiger partial charge in [-0.3, -0.25) is 43.3 Å². The number of carboxylic acid groups (broad SMARTS) is 1. The van der Waals surface area contributed by atoms with Crippen LogP contribution in [0.4, 0.5) is 0 Å². The fourth-order valence-electron chi connectivity index (χ4n) is 6.86. The molecule has 2 aromatic carbocycles. The molecule has 67 heavy (non-hydrogen) atoms. The molecular formula is C45H65N13O9. The van der Waals surface area contributed by atoms with Crippen LogP contribution in [0.15, 0.2) is 78.2 Å². The summed E-state index contributed by atoms with van der Waals surface area (Å²) in [7, 11) is 0. The number of hydrogen-bond acceptors (Lipinski definition) is 11. The monoisotopic (exact) mass is 932 g/mol. The van der Waals surface area contributed by atoms with Gasteiger partial charge in [0.2, 0.25) is 41.4 Å². The van der Waals surface area contributed by atoms with E-state index in [0.29, 0.717) is 11.3 Å². The van der Waals surface area contributed by atoms with E-state index in [4.69, 9.17) is 28.0 Å². The van der Waals surface area contributed by atoms with E-state index in [-0.39, 0.29) is 56.9 Å². The number of benzene rings is 2. The van der Waals surface area contributed by atoms with Crippen LogP contribution in [-0.2, 0) is 57.6 Å². The minimum atomic E-state index is -1.48. The van der Waals surface area contributed by atoms with Gasteiger partial charge in [0.05, 0.1) is 18.8 Å². The molecule has 0 aliphatic rings. The molecule has 0 unspecified atom stereocenters. The first kappa shape index (κ1) is 54.0. The van der Waals surface area contributed by atoms with Gasteiger partial charge in [-0.1, -0.05) is 88.4 Å². The number of hydrogen-bond donors (Lipinski definition) is 12. The predicted octanol–water partition coefficient (Wildman–Crippen LogP) is -1.61. The van der Waals surface area contributed by atoms with Crippen molar-refractivity contribution < 1.29 is 43.5 Å². The molecule has 0 aliphatic carbocycles. The molecular weight excluding hydrogens is 867 g/mol. The Bertz CT molecular complexity index is 2130. The van der Waals surface area contributed by atoms with Crippen molar-refractivity contribution in [1.29, 1.82) is 0 Å². The van der Waals surface area contributed by atoms with Gasteiger partial charge < -0.3 is 64.9 Å². The van der Waals surface area contributed by atoms with Crippen molar-refractivity contribution in [3.05, 3.63) is 90.0 Å². The molecule has 0 radical (unpaired) electrons. The smallest absolute Gasteiger partial charge is 0.305 e. The van der Waals surface area contributed by atoms with Crippen LogP contribution in [0.1, 0.15) is 70.2 Å². The van der Waals surface area contributed by atoms with E-state index >= 15 is 0 Å². The molecule has 0 fully saturated rings. The molecule has 7 atom stereocenters. The second-order valence-corrected chi connectivity index (χ2v) is 16.9. The number of nitrogens with two attached hydrogens (primary N) is 4. The Labute approximate surface area is 389 Å².